The number of benzene rings is 1. The average Bonchev–Trinajstić information content (AvgIpc) is 2.83. The molecule has 0 saturated carbocycles. The molecular formula is C14H16BrN5. The summed E-state index contributed by atoms with van der Waals surface area (Å²) in [6.45, 7) is 5.66. The van der Waals surface area contributed by atoms with Gasteiger partial charge in [0.15, 0.2) is 0 Å². The maximum absolute atomic E-state index is 9.13. The van der Waals surface area contributed by atoms with Gasteiger partial charge in [-0.05, 0) is 24.1 Å². The number of anilines is 1. The van der Waals surface area contributed by atoms with Crippen molar-refractivity contribution in [3.8, 4) is 6.07 Å². The predicted octanol–water partition coefficient (Wildman–Crippen LogP) is 3.18. The number of nitriles is 1. The highest BCUT2D eigenvalue weighted by atomic mass is 79.9. The lowest BCUT2D eigenvalue weighted by Crippen LogP contribution is -2.13. The van der Waals surface area contributed by atoms with Crippen molar-refractivity contribution in [1.82, 2.24) is 14.8 Å². The molecule has 1 heterocycles. The molecule has 0 atom stereocenters. The lowest BCUT2D eigenvalue weighted by atomic mass is 10.2. The molecule has 2 rings (SSSR count). The molecule has 0 radical (unpaired) electrons. The quantitative estimate of drug-likeness (QED) is 0.912. The molecule has 0 amide bonds. The highest BCUT2D eigenvalue weighted by molar-refractivity contribution is 9.10. The molecule has 0 saturated heterocycles. The Labute approximate surface area is 126 Å². The molecule has 0 aliphatic rings. The number of rotatable bonds is 5. The fraction of sp³-hybridized carbons (Fsp3) is 0.357. The van der Waals surface area contributed by atoms with Gasteiger partial charge in [-0.25, -0.2) is 9.67 Å². The molecule has 0 bridgehead atoms. The summed E-state index contributed by atoms with van der Waals surface area (Å²) in [5, 5.41) is 16.6. The fourth-order valence-corrected chi connectivity index (χ4v) is 2.22. The minimum Gasteiger partial charge on any atom is -0.377 e. The lowest BCUT2D eigenvalue weighted by Gasteiger charge is -2.11. The van der Waals surface area contributed by atoms with Gasteiger partial charge in [-0.1, -0.05) is 29.8 Å². The van der Waals surface area contributed by atoms with E-state index >= 15 is 0 Å². The molecule has 1 N–H and O–H groups in total. The molecule has 0 unspecified atom stereocenters. The minimum absolute atomic E-state index is 0.512. The first-order valence-electron chi connectivity index (χ1n) is 6.40. The van der Waals surface area contributed by atoms with Crippen LogP contribution in [0.4, 0.5) is 5.69 Å². The summed E-state index contributed by atoms with van der Waals surface area (Å²) in [6.07, 6.45) is 1.56. The van der Waals surface area contributed by atoms with Crippen LogP contribution in [0.15, 0.2) is 29.0 Å². The standard InChI is InChI=1S/C14H16BrN5/c1-10(2)8-20-14(18-9-19-20)7-17-13-4-3-12(15)5-11(13)6-16/h3-5,9-10,17H,7-8H2,1-2H3. The molecule has 0 spiro atoms. The molecule has 1 aromatic carbocycles. The van der Waals surface area contributed by atoms with Crippen LogP contribution >= 0.6 is 15.9 Å². The summed E-state index contributed by atoms with van der Waals surface area (Å²) in [7, 11) is 0. The molecule has 0 aliphatic heterocycles. The van der Waals surface area contributed by atoms with Crippen molar-refractivity contribution in [3.63, 3.8) is 0 Å². The van der Waals surface area contributed by atoms with Crippen molar-refractivity contribution in [2.24, 2.45) is 5.92 Å². The van der Waals surface area contributed by atoms with Crippen molar-refractivity contribution in [2.45, 2.75) is 26.9 Å². The molecular weight excluding hydrogens is 318 g/mol. The van der Waals surface area contributed by atoms with E-state index in [1.807, 2.05) is 16.8 Å². The van der Waals surface area contributed by atoms with Gasteiger partial charge >= 0.3 is 0 Å². The van der Waals surface area contributed by atoms with E-state index in [0.717, 1.165) is 22.5 Å². The summed E-state index contributed by atoms with van der Waals surface area (Å²) >= 11 is 3.36. The first-order chi connectivity index (χ1) is 9.60. The molecule has 1 aromatic heterocycles. The Hall–Kier alpha value is -1.87. The SMILES string of the molecule is CC(C)Cn1ncnc1CNc1ccc(Br)cc1C#N. The first-order valence-corrected chi connectivity index (χ1v) is 7.19. The summed E-state index contributed by atoms with van der Waals surface area (Å²) < 4.78 is 2.78. The Balaban J connectivity index is 2.10. The van der Waals surface area contributed by atoms with Gasteiger partial charge in [0.25, 0.3) is 0 Å². The number of nitrogens with one attached hydrogen (secondary N) is 1. The van der Waals surface area contributed by atoms with E-state index in [-0.39, 0.29) is 0 Å². The Kier molecular flexibility index (Phi) is 4.74. The summed E-state index contributed by atoms with van der Waals surface area (Å²) in [5.41, 5.74) is 1.41. The molecule has 0 aliphatic carbocycles. The Morgan fingerprint density at radius 3 is 2.95 bits per heavy atom. The summed E-state index contributed by atoms with van der Waals surface area (Å²) in [6, 6.07) is 7.76. The molecule has 0 fully saturated rings. The molecule has 2 aromatic rings. The Bertz CT molecular complexity index is 627. The third-order valence-corrected chi connectivity index (χ3v) is 3.27. The van der Waals surface area contributed by atoms with Crippen LogP contribution in [0.5, 0.6) is 0 Å². The van der Waals surface area contributed by atoms with Crippen molar-refractivity contribution >= 4 is 21.6 Å². The van der Waals surface area contributed by atoms with Crippen LogP contribution in [0, 0.1) is 17.2 Å². The van der Waals surface area contributed by atoms with E-state index in [1.54, 1.807) is 12.4 Å². The zero-order valence-corrected chi connectivity index (χ0v) is 13.1. The van der Waals surface area contributed by atoms with E-state index in [9.17, 15) is 0 Å². The largest absolute Gasteiger partial charge is 0.377 e. The van der Waals surface area contributed by atoms with Gasteiger partial charge in [-0.3, -0.25) is 0 Å². The van der Waals surface area contributed by atoms with E-state index in [4.69, 9.17) is 5.26 Å². The fourth-order valence-electron chi connectivity index (χ4n) is 1.86. The summed E-state index contributed by atoms with van der Waals surface area (Å²) in [4.78, 5) is 4.25. The van der Waals surface area contributed by atoms with Crippen LogP contribution in [0.1, 0.15) is 25.2 Å². The second-order valence-corrected chi connectivity index (χ2v) is 5.82. The van der Waals surface area contributed by atoms with Gasteiger partial charge in [-0.15, -0.1) is 0 Å². The minimum atomic E-state index is 0.512. The average molecular weight is 334 g/mol. The zero-order chi connectivity index (χ0) is 14.5. The van der Waals surface area contributed by atoms with E-state index in [0.29, 0.717) is 18.0 Å². The van der Waals surface area contributed by atoms with Gasteiger partial charge < -0.3 is 5.32 Å². The van der Waals surface area contributed by atoms with Crippen molar-refractivity contribution < 1.29 is 0 Å². The number of halogens is 1. The topological polar surface area (TPSA) is 66.5 Å². The van der Waals surface area contributed by atoms with Crippen LogP contribution in [0.3, 0.4) is 0 Å². The van der Waals surface area contributed by atoms with E-state index < -0.39 is 0 Å². The lowest BCUT2D eigenvalue weighted by molar-refractivity contribution is 0.468. The summed E-state index contributed by atoms with van der Waals surface area (Å²) in [5.74, 6) is 1.38. The third-order valence-electron chi connectivity index (χ3n) is 2.77. The molecule has 6 heteroatoms. The van der Waals surface area contributed by atoms with Gasteiger partial charge in [0.05, 0.1) is 17.8 Å². The number of aromatic nitrogens is 3. The van der Waals surface area contributed by atoms with Crippen LogP contribution < -0.4 is 5.32 Å². The van der Waals surface area contributed by atoms with Gasteiger partial charge in [-0.2, -0.15) is 10.4 Å². The van der Waals surface area contributed by atoms with Crippen molar-refractivity contribution in [2.75, 3.05) is 5.32 Å². The monoisotopic (exact) mass is 333 g/mol. The molecule has 104 valence electrons. The first kappa shape index (κ1) is 14.5. The smallest absolute Gasteiger partial charge is 0.146 e. The zero-order valence-electron chi connectivity index (χ0n) is 11.5. The van der Waals surface area contributed by atoms with Gasteiger partial charge in [0.1, 0.15) is 18.2 Å². The Morgan fingerprint density at radius 1 is 1.45 bits per heavy atom. The highest BCUT2D eigenvalue weighted by Crippen LogP contribution is 2.20. The second kappa shape index (κ2) is 6.53. The normalized spacial score (nSPS) is 10.6. The molecule has 5 nitrogen and oxygen atoms in total. The maximum Gasteiger partial charge on any atom is 0.146 e. The second-order valence-electron chi connectivity index (χ2n) is 4.91. The van der Waals surface area contributed by atoms with E-state index in [1.165, 1.54) is 0 Å². The number of hydrogen-bond donors (Lipinski definition) is 1. The maximum atomic E-state index is 9.13. The van der Waals surface area contributed by atoms with Gasteiger partial charge in [0, 0.05) is 11.0 Å². The molecule has 20 heavy (non-hydrogen) atoms. The van der Waals surface area contributed by atoms with Crippen LogP contribution in [-0.4, -0.2) is 14.8 Å². The van der Waals surface area contributed by atoms with Gasteiger partial charge in [0.2, 0.25) is 0 Å². The Morgan fingerprint density at radius 2 is 2.25 bits per heavy atom. The predicted molar refractivity (Wildman–Crippen MR) is 81.0 cm³/mol. The van der Waals surface area contributed by atoms with E-state index in [2.05, 4.69) is 51.2 Å². The highest BCUT2D eigenvalue weighted by Gasteiger charge is 2.08. The number of hydrogen-bond acceptors (Lipinski definition) is 4. The van der Waals surface area contributed by atoms with Crippen LogP contribution in [0.25, 0.3) is 0 Å². The van der Waals surface area contributed by atoms with Crippen LogP contribution in [-0.2, 0) is 13.1 Å². The third kappa shape index (κ3) is 3.58. The van der Waals surface area contributed by atoms with Crippen LogP contribution in [0.2, 0.25) is 0 Å². The van der Waals surface area contributed by atoms with Crippen molar-refractivity contribution in [3.05, 3.63) is 40.4 Å². The number of nitrogens with zero attached hydrogens (tertiary/aromatic N) is 4. The van der Waals surface area contributed by atoms with Crippen molar-refractivity contribution in [1.29, 1.82) is 5.26 Å².